The maximum Gasteiger partial charge on any atom is 0.329 e. The van der Waals surface area contributed by atoms with E-state index in [2.05, 4.69) is 10.6 Å². The van der Waals surface area contributed by atoms with E-state index in [1.807, 2.05) is 60.7 Å². The van der Waals surface area contributed by atoms with Gasteiger partial charge in [0.15, 0.2) is 6.61 Å². The molecule has 3 aromatic rings. The zero-order chi connectivity index (χ0) is 24.5. The van der Waals surface area contributed by atoms with Gasteiger partial charge in [0, 0.05) is 5.56 Å². The Bertz CT molecular complexity index is 1060. The summed E-state index contributed by atoms with van der Waals surface area (Å²) in [4.78, 5) is 37.8. The largest absolute Gasteiger partial charge is 0.454 e. The number of benzene rings is 3. The lowest BCUT2D eigenvalue weighted by Crippen LogP contribution is -2.46. The first kappa shape index (κ1) is 24.6. The van der Waals surface area contributed by atoms with E-state index in [1.165, 1.54) is 12.1 Å². The van der Waals surface area contributed by atoms with Gasteiger partial charge in [0.05, 0.1) is 6.04 Å². The highest BCUT2D eigenvalue weighted by atomic mass is 19.1. The van der Waals surface area contributed by atoms with Gasteiger partial charge in [0.25, 0.3) is 11.8 Å². The van der Waals surface area contributed by atoms with Crippen LogP contribution in [0.2, 0.25) is 0 Å². The van der Waals surface area contributed by atoms with E-state index >= 15 is 0 Å². The molecular formula is C27H27FN2O4. The molecule has 6 nitrogen and oxygen atoms in total. The quantitative estimate of drug-likeness (QED) is 0.471. The van der Waals surface area contributed by atoms with Crippen molar-refractivity contribution in [1.82, 2.24) is 10.6 Å². The average Bonchev–Trinajstić information content (AvgIpc) is 2.85. The number of esters is 1. The van der Waals surface area contributed by atoms with Crippen molar-refractivity contribution in [3.05, 3.63) is 107 Å². The number of halogens is 1. The summed E-state index contributed by atoms with van der Waals surface area (Å²) in [6.07, 6.45) is 0. The first-order chi connectivity index (χ1) is 16.3. The van der Waals surface area contributed by atoms with E-state index < -0.39 is 42.3 Å². The van der Waals surface area contributed by atoms with Crippen LogP contribution in [-0.4, -0.2) is 30.4 Å². The van der Waals surface area contributed by atoms with Crippen molar-refractivity contribution in [1.29, 1.82) is 0 Å². The van der Waals surface area contributed by atoms with Crippen LogP contribution in [0.5, 0.6) is 0 Å². The summed E-state index contributed by atoms with van der Waals surface area (Å²) in [5.41, 5.74) is 1.99. The Balaban J connectivity index is 1.62. The second-order valence-electron chi connectivity index (χ2n) is 8.13. The summed E-state index contributed by atoms with van der Waals surface area (Å²) in [6, 6.07) is 22.5. The maximum atomic E-state index is 13.1. The van der Waals surface area contributed by atoms with Crippen molar-refractivity contribution in [2.75, 3.05) is 6.61 Å². The third-order valence-corrected chi connectivity index (χ3v) is 5.23. The monoisotopic (exact) mass is 462 g/mol. The molecule has 3 aromatic carbocycles. The van der Waals surface area contributed by atoms with E-state index in [1.54, 1.807) is 13.8 Å². The lowest BCUT2D eigenvalue weighted by atomic mass is 9.99. The molecule has 1 atom stereocenters. The van der Waals surface area contributed by atoms with E-state index in [0.29, 0.717) is 0 Å². The van der Waals surface area contributed by atoms with Crippen LogP contribution in [-0.2, 0) is 14.3 Å². The predicted octanol–water partition coefficient (Wildman–Crippen LogP) is 4.03. The zero-order valence-electron chi connectivity index (χ0n) is 19.0. The summed E-state index contributed by atoms with van der Waals surface area (Å²) < 4.78 is 18.3. The van der Waals surface area contributed by atoms with Crippen LogP contribution in [0.25, 0.3) is 0 Å². The van der Waals surface area contributed by atoms with Crippen molar-refractivity contribution in [3.63, 3.8) is 0 Å². The number of amides is 2. The van der Waals surface area contributed by atoms with E-state index in [4.69, 9.17) is 4.74 Å². The highest BCUT2D eigenvalue weighted by molar-refractivity contribution is 5.97. The number of hydrogen-bond acceptors (Lipinski definition) is 4. The SMILES string of the molecule is CC(C)C(NC(=O)c1ccc(F)cc1)C(=O)OCC(=O)NC(c1ccccc1)c1ccccc1. The molecule has 0 aromatic heterocycles. The van der Waals surface area contributed by atoms with Gasteiger partial charge in [-0.15, -0.1) is 0 Å². The fraction of sp³-hybridized carbons (Fsp3) is 0.222. The van der Waals surface area contributed by atoms with Crippen molar-refractivity contribution < 1.29 is 23.5 Å². The Kier molecular flexibility index (Phi) is 8.51. The van der Waals surface area contributed by atoms with Crippen molar-refractivity contribution in [2.24, 2.45) is 5.92 Å². The molecule has 2 amide bonds. The lowest BCUT2D eigenvalue weighted by molar-refractivity contribution is -0.151. The minimum absolute atomic E-state index is 0.214. The van der Waals surface area contributed by atoms with E-state index in [0.717, 1.165) is 23.3 Å². The highest BCUT2D eigenvalue weighted by Gasteiger charge is 2.27. The van der Waals surface area contributed by atoms with Gasteiger partial charge >= 0.3 is 5.97 Å². The summed E-state index contributed by atoms with van der Waals surface area (Å²) >= 11 is 0. The molecule has 0 bridgehead atoms. The first-order valence-electron chi connectivity index (χ1n) is 11.0. The van der Waals surface area contributed by atoms with Gasteiger partial charge in [0.2, 0.25) is 0 Å². The van der Waals surface area contributed by atoms with Crippen LogP contribution < -0.4 is 10.6 Å². The maximum absolute atomic E-state index is 13.1. The van der Waals surface area contributed by atoms with Gasteiger partial charge in [-0.05, 0) is 41.3 Å². The molecular weight excluding hydrogens is 435 g/mol. The highest BCUT2D eigenvalue weighted by Crippen LogP contribution is 2.21. The smallest absolute Gasteiger partial charge is 0.329 e. The molecule has 0 fully saturated rings. The molecule has 0 radical (unpaired) electrons. The molecule has 1 unspecified atom stereocenters. The summed E-state index contributed by atoms with van der Waals surface area (Å²) in [7, 11) is 0. The number of ether oxygens (including phenoxy) is 1. The summed E-state index contributed by atoms with van der Waals surface area (Å²) in [6.45, 7) is 3.00. The Labute approximate surface area is 198 Å². The molecule has 2 N–H and O–H groups in total. The van der Waals surface area contributed by atoms with Gasteiger partial charge < -0.3 is 15.4 Å². The number of nitrogens with one attached hydrogen (secondary N) is 2. The number of rotatable bonds is 9. The van der Waals surface area contributed by atoms with Gasteiger partial charge in [-0.3, -0.25) is 9.59 Å². The Morgan fingerprint density at radius 3 is 1.82 bits per heavy atom. The van der Waals surface area contributed by atoms with Crippen LogP contribution in [0, 0.1) is 11.7 Å². The topological polar surface area (TPSA) is 84.5 Å². The van der Waals surface area contributed by atoms with Gasteiger partial charge in [-0.2, -0.15) is 0 Å². The van der Waals surface area contributed by atoms with Crippen LogP contribution in [0.4, 0.5) is 4.39 Å². The number of hydrogen-bond donors (Lipinski definition) is 2. The molecule has 176 valence electrons. The zero-order valence-corrected chi connectivity index (χ0v) is 19.0. The third-order valence-electron chi connectivity index (χ3n) is 5.23. The summed E-state index contributed by atoms with van der Waals surface area (Å²) in [5, 5.41) is 5.51. The average molecular weight is 463 g/mol. The van der Waals surface area contributed by atoms with Crippen LogP contribution in [0.15, 0.2) is 84.9 Å². The minimum atomic E-state index is -0.968. The predicted molar refractivity (Wildman–Crippen MR) is 126 cm³/mol. The molecule has 34 heavy (non-hydrogen) atoms. The first-order valence-corrected chi connectivity index (χ1v) is 11.0. The molecule has 0 aliphatic rings. The van der Waals surface area contributed by atoms with Gasteiger partial charge in [-0.1, -0.05) is 74.5 Å². The second kappa shape index (κ2) is 11.7. The normalized spacial score (nSPS) is 11.7. The standard InChI is InChI=1S/C27H27FN2O4/c1-18(2)24(30-26(32)21-13-15-22(28)16-14-21)27(33)34-17-23(31)29-25(19-9-5-3-6-10-19)20-11-7-4-8-12-20/h3-16,18,24-25H,17H2,1-2H3,(H,29,31)(H,30,32). The molecule has 0 heterocycles. The van der Waals surface area contributed by atoms with Crippen LogP contribution in [0.1, 0.15) is 41.4 Å². The van der Waals surface area contributed by atoms with E-state index in [-0.39, 0.29) is 11.5 Å². The Morgan fingerprint density at radius 2 is 1.32 bits per heavy atom. The lowest BCUT2D eigenvalue weighted by Gasteiger charge is -2.22. The van der Waals surface area contributed by atoms with Gasteiger partial charge in [-0.25, -0.2) is 9.18 Å². The fourth-order valence-electron chi connectivity index (χ4n) is 3.40. The van der Waals surface area contributed by atoms with Crippen molar-refractivity contribution in [3.8, 4) is 0 Å². The molecule has 0 saturated carbocycles. The fourth-order valence-corrected chi connectivity index (χ4v) is 3.40. The van der Waals surface area contributed by atoms with Crippen LogP contribution in [0.3, 0.4) is 0 Å². The molecule has 0 saturated heterocycles. The van der Waals surface area contributed by atoms with Crippen molar-refractivity contribution >= 4 is 17.8 Å². The van der Waals surface area contributed by atoms with Gasteiger partial charge in [0.1, 0.15) is 11.9 Å². The summed E-state index contributed by atoms with van der Waals surface area (Å²) in [5.74, 6) is -2.49. The second-order valence-corrected chi connectivity index (χ2v) is 8.13. The molecule has 0 aliphatic heterocycles. The molecule has 7 heteroatoms. The number of carbonyl (C=O) groups is 3. The number of carbonyl (C=O) groups excluding carboxylic acids is 3. The molecule has 0 aliphatic carbocycles. The van der Waals surface area contributed by atoms with Crippen LogP contribution >= 0.6 is 0 Å². The van der Waals surface area contributed by atoms with E-state index in [9.17, 15) is 18.8 Å². The molecule has 0 spiro atoms. The van der Waals surface area contributed by atoms with Crippen molar-refractivity contribution in [2.45, 2.75) is 25.9 Å². The minimum Gasteiger partial charge on any atom is -0.454 e. The molecule has 3 rings (SSSR count). The third kappa shape index (κ3) is 6.75. The Hall–Kier alpha value is -4.00. The Morgan fingerprint density at radius 1 is 0.794 bits per heavy atom.